The predicted molar refractivity (Wildman–Crippen MR) is 240 cm³/mol. The monoisotopic (exact) mass is 836 g/mol. The van der Waals surface area contributed by atoms with Crippen molar-refractivity contribution in [3.05, 3.63) is 60.8 Å². The van der Waals surface area contributed by atoms with Gasteiger partial charge in [-0.15, -0.1) is 0 Å². The number of carbonyl (C=O) groups excluding carboxylic acids is 2. The third-order valence-electron chi connectivity index (χ3n) is 9.51. The van der Waals surface area contributed by atoms with Gasteiger partial charge in [-0.3, -0.25) is 14.2 Å². The number of allylic oxidation sites excluding steroid dienone is 10. The molecular weight excluding hydrogens is 750 g/mol. The average molecular weight is 836 g/mol. The average Bonchev–Trinajstić information content (AvgIpc) is 3.17. The molecule has 0 radical (unpaired) electrons. The number of quaternary nitrogens is 1. The van der Waals surface area contributed by atoms with Gasteiger partial charge in [-0.25, -0.2) is 0 Å². The fraction of sp³-hybridized carbons (Fsp3) is 0.750. The van der Waals surface area contributed by atoms with Crippen LogP contribution in [-0.2, 0) is 32.7 Å². The minimum Gasteiger partial charge on any atom is -0.756 e. The van der Waals surface area contributed by atoms with Gasteiger partial charge in [-0.2, -0.15) is 0 Å². The van der Waals surface area contributed by atoms with E-state index < -0.39 is 32.5 Å². The molecule has 0 spiro atoms. The summed E-state index contributed by atoms with van der Waals surface area (Å²) in [7, 11) is 1.14. The molecule has 0 aromatic rings. The number of likely N-dealkylation sites (N-methyl/N-ethyl adjacent to an activating group) is 1. The first-order valence-electron chi connectivity index (χ1n) is 23.0. The lowest BCUT2D eigenvalue weighted by molar-refractivity contribution is -0.870. The zero-order valence-corrected chi connectivity index (χ0v) is 38.6. The molecular formula is C48H86NO8P. The Labute approximate surface area is 356 Å². The maximum atomic E-state index is 12.7. The summed E-state index contributed by atoms with van der Waals surface area (Å²) in [5.41, 5.74) is 0. The van der Waals surface area contributed by atoms with Gasteiger partial charge < -0.3 is 27.9 Å². The van der Waals surface area contributed by atoms with Crippen molar-refractivity contribution < 1.29 is 42.1 Å². The van der Waals surface area contributed by atoms with Crippen LogP contribution >= 0.6 is 7.82 Å². The Morgan fingerprint density at radius 2 is 0.931 bits per heavy atom. The molecule has 0 aliphatic rings. The number of esters is 2. The van der Waals surface area contributed by atoms with Crippen LogP contribution in [0.25, 0.3) is 0 Å². The van der Waals surface area contributed by atoms with Crippen LogP contribution in [0.3, 0.4) is 0 Å². The molecule has 10 heteroatoms. The van der Waals surface area contributed by atoms with Gasteiger partial charge >= 0.3 is 11.9 Å². The highest BCUT2D eigenvalue weighted by Crippen LogP contribution is 2.38. The third-order valence-corrected chi connectivity index (χ3v) is 10.5. The standard InChI is InChI=1S/C48H86NO8P/c1-6-8-10-12-14-16-18-20-22-23-24-25-27-28-30-32-34-36-38-40-47(50)54-44-46(45-56-58(52,53)55-43-42-49(3,4)5)57-48(51)41-39-37-35-33-31-29-26-21-19-17-15-13-11-9-7-2/h14,16-17,19-20,22,24-25,28,30,46H,6-13,15,18,21,23,26-27,29,31-45H2,1-5H3/b16-14-,19-17-,22-20-,25-24-,30-28-/t46-/m1/s1. The first kappa shape index (κ1) is 55.7. The number of ether oxygens (including phenoxy) is 2. The zero-order chi connectivity index (χ0) is 42.8. The van der Waals surface area contributed by atoms with Gasteiger partial charge in [0, 0.05) is 12.8 Å². The van der Waals surface area contributed by atoms with Gasteiger partial charge in [0.05, 0.1) is 27.7 Å². The Morgan fingerprint density at radius 1 is 0.534 bits per heavy atom. The van der Waals surface area contributed by atoms with E-state index in [2.05, 4.69) is 74.6 Å². The van der Waals surface area contributed by atoms with Crippen molar-refractivity contribution >= 4 is 19.8 Å². The van der Waals surface area contributed by atoms with Crippen LogP contribution in [0.1, 0.15) is 181 Å². The van der Waals surface area contributed by atoms with Crippen molar-refractivity contribution in [1.82, 2.24) is 0 Å². The van der Waals surface area contributed by atoms with Crippen molar-refractivity contribution in [2.45, 2.75) is 187 Å². The molecule has 0 aromatic carbocycles. The Hall–Kier alpha value is -2.29. The van der Waals surface area contributed by atoms with Crippen LogP contribution in [0.2, 0.25) is 0 Å². The summed E-state index contributed by atoms with van der Waals surface area (Å²) < 4.78 is 33.9. The quantitative estimate of drug-likeness (QED) is 0.0197. The molecule has 0 saturated carbocycles. The lowest BCUT2D eigenvalue weighted by Gasteiger charge is -2.28. The summed E-state index contributed by atoms with van der Waals surface area (Å²) in [6.45, 7) is 4.14. The highest BCUT2D eigenvalue weighted by Gasteiger charge is 2.21. The second-order valence-electron chi connectivity index (χ2n) is 16.4. The highest BCUT2D eigenvalue weighted by molar-refractivity contribution is 7.45. The topological polar surface area (TPSA) is 111 Å². The van der Waals surface area contributed by atoms with E-state index in [4.69, 9.17) is 18.5 Å². The number of nitrogens with zero attached hydrogens (tertiary/aromatic N) is 1. The molecule has 0 N–H and O–H groups in total. The van der Waals surface area contributed by atoms with Crippen LogP contribution in [0.5, 0.6) is 0 Å². The van der Waals surface area contributed by atoms with E-state index in [-0.39, 0.29) is 26.1 Å². The summed E-state index contributed by atoms with van der Waals surface area (Å²) in [5, 5.41) is 0. The SMILES string of the molecule is CCCCC/C=C\C/C=C\C/C=C\C/C=C\CCCCCC(=O)OC[C@H](COP(=O)([O-])OCC[N+](C)(C)C)OC(=O)CCCCCCCCC/C=C\CCCCCC. The van der Waals surface area contributed by atoms with Gasteiger partial charge in [0.15, 0.2) is 6.10 Å². The smallest absolute Gasteiger partial charge is 0.306 e. The molecule has 1 unspecified atom stereocenters. The largest absolute Gasteiger partial charge is 0.756 e. The lowest BCUT2D eigenvalue weighted by atomic mass is 10.1. The van der Waals surface area contributed by atoms with Crippen LogP contribution in [0.15, 0.2) is 60.8 Å². The summed E-state index contributed by atoms with van der Waals surface area (Å²) in [6.07, 6.45) is 48.1. The molecule has 0 rings (SSSR count). The maximum absolute atomic E-state index is 12.7. The molecule has 2 atom stereocenters. The fourth-order valence-electron chi connectivity index (χ4n) is 5.87. The molecule has 0 amide bonds. The van der Waals surface area contributed by atoms with E-state index in [9.17, 15) is 19.0 Å². The third kappa shape index (κ3) is 43.3. The van der Waals surface area contributed by atoms with Crippen LogP contribution in [0.4, 0.5) is 0 Å². The van der Waals surface area contributed by atoms with Crippen molar-refractivity contribution in [3.63, 3.8) is 0 Å². The number of unbranched alkanes of at least 4 members (excludes halogenated alkanes) is 17. The number of hydrogen-bond acceptors (Lipinski definition) is 8. The minimum atomic E-state index is -4.64. The van der Waals surface area contributed by atoms with E-state index in [0.29, 0.717) is 23.9 Å². The molecule has 0 aromatic heterocycles. The second-order valence-corrected chi connectivity index (χ2v) is 17.8. The lowest BCUT2D eigenvalue weighted by Crippen LogP contribution is -2.37. The maximum Gasteiger partial charge on any atom is 0.306 e. The predicted octanol–water partition coefficient (Wildman–Crippen LogP) is 12.6. The van der Waals surface area contributed by atoms with E-state index >= 15 is 0 Å². The number of rotatable bonds is 41. The first-order chi connectivity index (χ1) is 28.0. The number of phosphoric ester groups is 1. The van der Waals surface area contributed by atoms with E-state index in [1.54, 1.807) is 0 Å². The van der Waals surface area contributed by atoms with Crippen LogP contribution in [0, 0.1) is 0 Å². The van der Waals surface area contributed by atoms with Crippen molar-refractivity contribution in [2.24, 2.45) is 0 Å². The zero-order valence-electron chi connectivity index (χ0n) is 37.7. The molecule has 0 aliphatic carbocycles. The number of hydrogen-bond donors (Lipinski definition) is 0. The second kappa shape index (κ2) is 40.1. The van der Waals surface area contributed by atoms with Crippen molar-refractivity contribution in [1.29, 1.82) is 0 Å². The summed E-state index contributed by atoms with van der Waals surface area (Å²) in [4.78, 5) is 37.6. The van der Waals surface area contributed by atoms with E-state index in [1.807, 2.05) is 21.1 Å². The van der Waals surface area contributed by atoms with Crippen LogP contribution in [-0.4, -0.2) is 70.0 Å². The summed E-state index contributed by atoms with van der Waals surface area (Å²) in [5.74, 6) is -0.878. The van der Waals surface area contributed by atoms with E-state index in [0.717, 1.165) is 64.2 Å². The Bertz CT molecular complexity index is 1170. The van der Waals surface area contributed by atoms with Gasteiger partial charge in [-0.05, 0) is 83.5 Å². The van der Waals surface area contributed by atoms with Crippen LogP contribution < -0.4 is 4.89 Å². The van der Waals surface area contributed by atoms with Gasteiger partial charge in [0.1, 0.15) is 19.8 Å². The van der Waals surface area contributed by atoms with E-state index in [1.165, 1.54) is 77.0 Å². The molecule has 336 valence electrons. The molecule has 58 heavy (non-hydrogen) atoms. The van der Waals surface area contributed by atoms with Gasteiger partial charge in [-0.1, -0.05) is 145 Å². The Balaban J connectivity index is 4.41. The minimum absolute atomic E-state index is 0.0393. The molecule has 0 bridgehead atoms. The molecule has 0 aliphatic heterocycles. The molecule has 0 heterocycles. The van der Waals surface area contributed by atoms with Crippen molar-refractivity contribution in [2.75, 3.05) is 47.5 Å². The fourth-order valence-corrected chi connectivity index (χ4v) is 6.60. The summed E-state index contributed by atoms with van der Waals surface area (Å²) >= 11 is 0. The van der Waals surface area contributed by atoms with Gasteiger partial charge in [0.2, 0.25) is 0 Å². The molecule has 0 fully saturated rings. The first-order valence-corrected chi connectivity index (χ1v) is 24.5. The van der Waals surface area contributed by atoms with Crippen molar-refractivity contribution in [3.8, 4) is 0 Å². The Kier molecular flexibility index (Phi) is 38.5. The normalized spacial score (nSPS) is 14.1. The van der Waals surface area contributed by atoms with Gasteiger partial charge in [0.25, 0.3) is 7.82 Å². The molecule has 0 saturated heterocycles. The number of carbonyl (C=O) groups is 2. The number of phosphoric acid groups is 1. The summed E-state index contributed by atoms with van der Waals surface area (Å²) in [6, 6.07) is 0. The Morgan fingerprint density at radius 3 is 1.45 bits per heavy atom. The molecule has 9 nitrogen and oxygen atoms in total. The highest BCUT2D eigenvalue weighted by atomic mass is 31.2.